The van der Waals surface area contributed by atoms with Crippen molar-refractivity contribution in [1.29, 1.82) is 0 Å². The van der Waals surface area contributed by atoms with Gasteiger partial charge in [-0.2, -0.15) is 0 Å². The van der Waals surface area contributed by atoms with E-state index >= 15 is 0 Å². The Hall–Kier alpha value is -3.02. The van der Waals surface area contributed by atoms with Gasteiger partial charge < -0.3 is 0 Å². The third-order valence-electron chi connectivity index (χ3n) is 3.83. The van der Waals surface area contributed by atoms with Gasteiger partial charge in [-0.3, -0.25) is 10.2 Å². The summed E-state index contributed by atoms with van der Waals surface area (Å²) in [4.78, 5) is 35.2. The standard InChI is InChI=1S/C23H26IN4O4/c25-28-23(31)17-32-16-22(30)27-20-13-7-11-19(12-8-14-20)26-21(29)15-24-18-9-5-3-1-2-4-6-10-18/h1-9,11-14H,10,15-17,25H2,(H,26,29)(H,27,30)(H,28,31)/q-1/b2-1-,5-3-,6-4-,11-7?,12-8?,13-7?,14-8?,18-9+,19-11?,19-12?,20-13?,20-14?. The maximum atomic E-state index is 12.4. The number of alkyl halides is 1. The van der Waals surface area contributed by atoms with Gasteiger partial charge in [0.15, 0.2) is 0 Å². The zero-order chi connectivity index (χ0) is 23.0. The zero-order valence-corrected chi connectivity index (χ0v) is 19.6. The van der Waals surface area contributed by atoms with Gasteiger partial charge in [-0.1, -0.05) is 0 Å². The van der Waals surface area contributed by atoms with E-state index in [1.807, 2.05) is 35.8 Å². The normalized spacial score (nSPS) is 20.0. The fourth-order valence-corrected chi connectivity index (χ4v) is 4.44. The van der Waals surface area contributed by atoms with Crippen LogP contribution in [0, 0.1) is 0 Å². The Kier molecular flexibility index (Phi) is 11.7. The Bertz CT molecular complexity index is 940. The van der Waals surface area contributed by atoms with E-state index in [2.05, 4.69) is 22.8 Å². The van der Waals surface area contributed by atoms with Crippen LogP contribution >= 0.6 is 0 Å². The zero-order valence-electron chi connectivity index (χ0n) is 17.4. The van der Waals surface area contributed by atoms with Gasteiger partial charge >= 0.3 is 169 Å². The first-order valence-electron chi connectivity index (χ1n) is 9.78. The number of carbonyl (C=O) groups is 3. The molecule has 0 radical (unpaired) electrons. The molecular formula is C23H26IN4O4-. The molecule has 5 N–H and O–H groups in total. The minimum absolute atomic E-state index is 0.0225. The molecule has 0 bridgehead atoms. The summed E-state index contributed by atoms with van der Waals surface area (Å²) in [6.07, 6.45) is 25.4. The SMILES string of the molecule is NNC(=O)COCC(=O)NC1=CC=CC(NC(=O)C[I-]/C2=C/C=C\C=C/C=C\C2)=CC=C1. The number of rotatable bonds is 9. The quantitative estimate of drug-likeness (QED) is 0.0887. The number of ether oxygens (including phenoxy) is 1. The van der Waals surface area contributed by atoms with Gasteiger partial charge in [0.1, 0.15) is 6.61 Å². The van der Waals surface area contributed by atoms with Crippen LogP contribution in [0.15, 0.2) is 94.0 Å². The molecule has 0 aromatic carbocycles. The van der Waals surface area contributed by atoms with Gasteiger partial charge in [-0.25, -0.2) is 5.84 Å². The van der Waals surface area contributed by atoms with Gasteiger partial charge in [-0.15, -0.1) is 0 Å². The van der Waals surface area contributed by atoms with Crippen molar-refractivity contribution in [3.63, 3.8) is 0 Å². The van der Waals surface area contributed by atoms with Crippen LogP contribution in [-0.4, -0.2) is 35.4 Å². The first kappa shape index (κ1) is 25.2. The van der Waals surface area contributed by atoms with E-state index in [9.17, 15) is 14.4 Å². The maximum absolute atomic E-state index is 12.4. The van der Waals surface area contributed by atoms with Crippen molar-refractivity contribution in [3.8, 4) is 0 Å². The average Bonchev–Trinajstić information content (AvgIpc) is 2.89. The number of hydrogen-bond acceptors (Lipinski definition) is 5. The summed E-state index contributed by atoms with van der Waals surface area (Å²) in [7, 11) is 0. The molecule has 3 amide bonds. The summed E-state index contributed by atoms with van der Waals surface area (Å²) in [5.74, 6) is 3.99. The van der Waals surface area contributed by atoms with Gasteiger partial charge in [0.2, 0.25) is 0 Å². The number of hydrazine groups is 1. The molecule has 2 rings (SSSR count). The molecule has 0 saturated carbocycles. The molecule has 170 valence electrons. The van der Waals surface area contributed by atoms with Crippen molar-refractivity contribution in [2.75, 3.05) is 17.6 Å². The number of allylic oxidation sites excluding steroid dienone is 14. The number of halogens is 1. The molecule has 0 unspecified atom stereocenters. The average molecular weight is 549 g/mol. The van der Waals surface area contributed by atoms with Gasteiger partial charge in [-0.05, 0) is 0 Å². The second-order valence-electron chi connectivity index (χ2n) is 6.40. The first-order chi connectivity index (χ1) is 15.6. The van der Waals surface area contributed by atoms with Crippen molar-refractivity contribution < 1.29 is 40.3 Å². The summed E-state index contributed by atoms with van der Waals surface area (Å²) in [6.45, 7) is -0.574. The molecule has 0 aliphatic heterocycles. The molecule has 2 aliphatic carbocycles. The van der Waals surface area contributed by atoms with Crippen LogP contribution in [0.5, 0.6) is 0 Å². The third-order valence-corrected chi connectivity index (χ3v) is 6.68. The summed E-state index contributed by atoms with van der Waals surface area (Å²) >= 11 is -0.402. The molecule has 0 aromatic heterocycles. The molecule has 8 nitrogen and oxygen atoms in total. The van der Waals surface area contributed by atoms with Crippen LogP contribution in [0.2, 0.25) is 0 Å². The van der Waals surface area contributed by atoms with E-state index in [-0.39, 0.29) is 19.1 Å². The van der Waals surface area contributed by atoms with Gasteiger partial charge in [0.05, 0.1) is 0 Å². The van der Waals surface area contributed by atoms with Gasteiger partial charge in [0, 0.05) is 0 Å². The van der Waals surface area contributed by atoms with E-state index in [1.54, 1.807) is 36.5 Å². The Morgan fingerprint density at radius 3 is 2.16 bits per heavy atom. The van der Waals surface area contributed by atoms with Crippen LogP contribution in [0.4, 0.5) is 0 Å². The number of hydrogen-bond donors (Lipinski definition) is 4. The number of nitrogens with two attached hydrogens (primary N) is 1. The monoisotopic (exact) mass is 549 g/mol. The fraction of sp³-hybridized carbons (Fsp3) is 0.174. The molecule has 2 aliphatic rings. The van der Waals surface area contributed by atoms with E-state index in [0.717, 1.165) is 6.42 Å². The van der Waals surface area contributed by atoms with Crippen LogP contribution in [0.3, 0.4) is 0 Å². The van der Waals surface area contributed by atoms with Crippen molar-refractivity contribution in [2.24, 2.45) is 5.84 Å². The second-order valence-corrected chi connectivity index (χ2v) is 9.31. The summed E-state index contributed by atoms with van der Waals surface area (Å²) in [5, 5.41) is 5.58. The third kappa shape index (κ3) is 10.8. The van der Waals surface area contributed by atoms with Gasteiger partial charge in [0.25, 0.3) is 5.91 Å². The molecule has 0 heterocycles. The minimum atomic E-state index is -0.518. The van der Waals surface area contributed by atoms with Crippen molar-refractivity contribution >= 4 is 17.7 Å². The predicted molar refractivity (Wildman–Crippen MR) is 119 cm³/mol. The molecule has 0 atom stereocenters. The van der Waals surface area contributed by atoms with Crippen LogP contribution in [-0.2, 0) is 19.1 Å². The Balaban J connectivity index is 1.77. The van der Waals surface area contributed by atoms with Crippen LogP contribution in [0.25, 0.3) is 0 Å². The number of nitrogens with one attached hydrogen (secondary N) is 3. The van der Waals surface area contributed by atoms with Crippen molar-refractivity contribution in [1.82, 2.24) is 16.1 Å². The molecule has 0 saturated heterocycles. The van der Waals surface area contributed by atoms with Crippen molar-refractivity contribution in [3.05, 3.63) is 94.0 Å². The predicted octanol–water partition coefficient (Wildman–Crippen LogP) is -1.84. The molecular weight excluding hydrogens is 523 g/mol. The fourth-order valence-electron chi connectivity index (χ4n) is 2.38. The Labute approximate surface area is 197 Å². The van der Waals surface area contributed by atoms with E-state index < -0.39 is 33.0 Å². The van der Waals surface area contributed by atoms with E-state index in [0.29, 0.717) is 15.8 Å². The topological polar surface area (TPSA) is 123 Å². The molecule has 0 fully saturated rings. The summed E-state index contributed by atoms with van der Waals surface area (Å²) in [6, 6.07) is 0. The number of amides is 3. The first-order valence-corrected chi connectivity index (χ1v) is 12.4. The van der Waals surface area contributed by atoms with Crippen LogP contribution in [0.1, 0.15) is 6.42 Å². The number of carbonyl (C=O) groups excluding carboxylic acids is 3. The molecule has 0 spiro atoms. The van der Waals surface area contributed by atoms with Crippen LogP contribution < -0.4 is 43.1 Å². The molecule has 32 heavy (non-hydrogen) atoms. The Morgan fingerprint density at radius 1 is 0.812 bits per heavy atom. The van der Waals surface area contributed by atoms with E-state index in [4.69, 9.17) is 10.6 Å². The van der Waals surface area contributed by atoms with Crippen molar-refractivity contribution in [2.45, 2.75) is 6.42 Å². The van der Waals surface area contributed by atoms with E-state index in [1.165, 1.54) is 3.58 Å². The molecule has 0 aromatic rings. The molecule has 9 heteroatoms. The Morgan fingerprint density at radius 2 is 1.44 bits per heavy atom. The second kappa shape index (κ2) is 14.9. The summed E-state index contributed by atoms with van der Waals surface area (Å²) < 4.78 is 6.74. The summed E-state index contributed by atoms with van der Waals surface area (Å²) in [5.41, 5.74) is 3.13.